The third kappa shape index (κ3) is 3.43. The van der Waals surface area contributed by atoms with Gasteiger partial charge in [0.1, 0.15) is 11.3 Å². The first kappa shape index (κ1) is 14.2. The van der Waals surface area contributed by atoms with Gasteiger partial charge in [-0.1, -0.05) is 11.6 Å². The highest BCUT2D eigenvalue weighted by atomic mass is 35.5. The summed E-state index contributed by atoms with van der Waals surface area (Å²) >= 11 is 5.79. The van der Waals surface area contributed by atoms with Crippen molar-refractivity contribution in [1.29, 1.82) is 0 Å². The molecule has 19 heavy (non-hydrogen) atoms. The standard InChI is InChI=1S/C13H19ClN4O/c1-16(2)13(10-19)18-7-5-17(6-8-18)11-3-4-12(14)15-9-11/h3-4,9-10,13H,5-8H2,1-2H3. The van der Waals surface area contributed by atoms with E-state index in [1.54, 1.807) is 12.3 Å². The van der Waals surface area contributed by atoms with E-state index < -0.39 is 0 Å². The van der Waals surface area contributed by atoms with E-state index in [1.165, 1.54) is 0 Å². The fourth-order valence-electron chi connectivity index (χ4n) is 2.33. The molecule has 1 unspecified atom stereocenters. The van der Waals surface area contributed by atoms with Crippen LogP contribution >= 0.6 is 11.6 Å². The highest BCUT2D eigenvalue weighted by molar-refractivity contribution is 6.29. The molecule has 1 aliphatic rings. The van der Waals surface area contributed by atoms with Crippen LogP contribution in [-0.2, 0) is 4.79 Å². The van der Waals surface area contributed by atoms with E-state index in [9.17, 15) is 4.79 Å². The van der Waals surface area contributed by atoms with Gasteiger partial charge in [-0.2, -0.15) is 0 Å². The van der Waals surface area contributed by atoms with Crippen molar-refractivity contribution < 1.29 is 4.79 Å². The van der Waals surface area contributed by atoms with Gasteiger partial charge in [0.15, 0.2) is 6.29 Å². The van der Waals surface area contributed by atoms with Gasteiger partial charge in [0.2, 0.25) is 0 Å². The molecule has 5 nitrogen and oxygen atoms in total. The molecule has 1 aromatic rings. The number of aldehydes is 1. The molecule has 0 saturated carbocycles. The second-order valence-electron chi connectivity index (χ2n) is 4.88. The Morgan fingerprint density at radius 2 is 2.00 bits per heavy atom. The van der Waals surface area contributed by atoms with Crippen molar-refractivity contribution in [2.45, 2.75) is 6.17 Å². The monoisotopic (exact) mass is 282 g/mol. The summed E-state index contributed by atoms with van der Waals surface area (Å²) < 4.78 is 0. The van der Waals surface area contributed by atoms with E-state index in [0.717, 1.165) is 38.2 Å². The van der Waals surface area contributed by atoms with Crippen molar-refractivity contribution in [3.63, 3.8) is 0 Å². The molecule has 0 amide bonds. The van der Waals surface area contributed by atoms with Crippen molar-refractivity contribution >= 4 is 23.6 Å². The van der Waals surface area contributed by atoms with Crippen LogP contribution in [0.5, 0.6) is 0 Å². The maximum atomic E-state index is 11.1. The highest BCUT2D eigenvalue weighted by Crippen LogP contribution is 2.18. The summed E-state index contributed by atoms with van der Waals surface area (Å²) in [7, 11) is 3.85. The first-order valence-electron chi connectivity index (χ1n) is 6.34. The van der Waals surface area contributed by atoms with E-state index >= 15 is 0 Å². The normalized spacial score (nSPS) is 18.6. The quantitative estimate of drug-likeness (QED) is 0.607. The SMILES string of the molecule is CN(C)C(C=O)N1CCN(c2ccc(Cl)nc2)CC1. The maximum Gasteiger partial charge on any atom is 0.151 e. The lowest BCUT2D eigenvalue weighted by Crippen LogP contribution is -2.55. The van der Waals surface area contributed by atoms with Gasteiger partial charge >= 0.3 is 0 Å². The van der Waals surface area contributed by atoms with Gasteiger partial charge in [-0.3, -0.25) is 9.80 Å². The lowest BCUT2D eigenvalue weighted by Gasteiger charge is -2.40. The smallest absolute Gasteiger partial charge is 0.151 e. The zero-order chi connectivity index (χ0) is 13.8. The number of rotatable bonds is 4. The van der Waals surface area contributed by atoms with Crippen molar-refractivity contribution in [2.24, 2.45) is 0 Å². The molecule has 0 aromatic carbocycles. The summed E-state index contributed by atoms with van der Waals surface area (Å²) in [6, 6.07) is 3.78. The molecule has 0 aliphatic carbocycles. The Morgan fingerprint density at radius 3 is 2.47 bits per heavy atom. The van der Waals surface area contributed by atoms with Crippen molar-refractivity contribution in [1.82, 2.24) is 14.8 Å². The number of hydrogen-bond acceptors (Lipinski definition) is 5. The van der Waals surface area contributed by atoms with Gasteiger partial charge in [0.05, 0.1) is 11.9 Å². The molecule has 1 aliphatic heterocycles. The number of piperazine rings is 1. The summed E-state index contributed by atoms with van der Waals surface area (Å²) in [5, 5.41) is 0.510. The van der Waals surface area contributed by atoms with E-state index in [0.29, 0.717) is 5.15 Å². The summed E-state index contributed by atoms with van der Waals surface area (Å²) in [5.74, 6) is 0. The lowest BCUT2D eigenvalue weighted by atomic mass is 10.2. The molecule has 0 N–H and O–H groups in total. The number of halogens is 1. The Kier molecular flexibility index (Phi) is 4.74. The maximum absolute atomic E-state index is 11.1. The molecule has 0 radical (unpaired) electrons. The second kappa shape index (κ2) is 6.32. The van der Waals surface area contributed by atoms with Gasteiger partial charge in [0, 0.05) is 26.2 Å². The van der Waals surface area contributed by atoms with Crippen LogP contribution in [0.25, 0.3) is 0 Å². The molecule has 6 heteroatoms. The topological polar surface area (TPSA) is 39.7 Å². The lowest BCUT2D eigenvalue weighted by molar-refractivity contribution is -0.117. The van der Waals surface area contributed by atoms with Crippen LogP contribution in [0.2, 0.25) is 5.15 Å². The van der Waals surface area contributed by atoms with Gasteiger partial charge < -0.3 is 9.69 Å². The van der Waals surface area contributed by atoms with Gasteiger partial charge in [-0.15, -0.1) is 0 Å². The second-order valence-corrected chi connectivity index (χ2v) is 5.26. The van der Waals surface area contributed by atoms with E-state index in [1.807, 2.05) is 25.1 Å². The molecule has 0 bridgehead atoms. The largest absolute Gasteiger partial charge is 0.368 e. The van der Waals surface area contributed by atoms with Gasteiger partial charge in [-0.05, 0) is 26.2 Å². The van der Waals surface area contributed by atoms with E-state index in [-0.39, 0.29) is 6.17 Å². The predicted octanol–water partition coefficient (Wildman–Crippen LogP) is 0.944. The van der Waals surface area contributed by atoms with Gasteiger partial charge in [0.25, 0.3) is 0 Å². The van der Waals surface area contributed by atoms with Crippen LogP contribution in [0, 0.1) is 0 Å². The summed E-state index contributed by atoms with van der Waals surface area (Å²) in [6.45, 7) is 3.51. The molecule has 1 saturated heterocycles. The molecule has 2 heterocycles. The van der Waals surface area contributed by atoms with Crippen molar-refractivity contribution in [2.75, 3.05) is 45.2 Å². The van der Waals surface area contributed by atoms with Gasteiger partial charge in [-0.25, -0.2) is 4.98 Å². The zero-order valence-corrected chi connectivity index (χ0v) is 12.0. The minimum atomic E-state index is -0.134. The number of aromatic nitrogens is 1. The molecule has 1 atom stereocenters. The van der Waals surface area contributed by atoms with Crippen LogP contribution in [0.4, 0.5) is 5.69 Å². The number of anilines is 1. The highest BCUT2D eigenvalue weighted by Gasteiger charge is 2.24. The van der Waals surface area contributed by atoms with Crippen LogP contribution in [0.3, 0.4) is 0 Å². The molecule has 1 fully saturated rings. The Bertz CT molecular complexity index is 415. The summed E-state index contributed by atoms with van der Waals surface area (Å²) in [5.41, 5.74) is 1.08. The molecule has 104 valence electrons. The van der Waals surface area contributed by atoms with Crippen LogP contribution in [0.1, 0.15) is 0 Å². The fraction of sp³-hybridized carbons (Fsp3) is 0.538. The summed E-state index contributed by atoms with van der Waals surface area (Å²) in [4.78, 5) is 21.6. The number of nitrogens with zero attached hydrogens (tertiary/aromatic N) is 4. The predicted molar refractivity (Wildman–Crippen MR) is 76.6 cm³/mol. The van der Waals surface area contributed by atoms with Crippen LogP contribution in [0.15, 0.2) is 18.3 Å². The van der Waals surface area contributed by atoms with Crippen LogP contribution < -0.4 is 4.90 Å². The average molecular weight is 283 g/mol. The number of likely N-dealkylation sites (N-methyl/N-ethyl adjacent to an activating group) is 1. The first-order valence-corrected chi connectivity index (χ1v) is 6.72. The zero-order valence-electron chi connectivity index (χ0n) is 11.3. The number of hydrogen-bond donors (Lipinski definition) is 0. The third-order valence-corrected chi connectivity index (χ3v) is 3.64. The van der Waals surface area contributed by atoms with E-state index in [4.69, 9.17) is 11.6 Å². The minimum Gasteiger partial charge on any atom is -0.368 e. The van der Waals surface area contributed by atoms with Crippen molar-refractivity contribution in [3.05, 3.63) is 23.5 Å². The van der Waals surface area contributed by atoms with Crippen molar-refractivity contribution in [3.8, 4) is 0 Å². The fourth-order valence-corrected chi connectivity index (χ4v) is 2.45. The van der Waals surface area contributed by atoms with E-state index in [2.05, 4.69) is 14.8 Å². The minimum absolute atomic E-state index is 0.134. The summed E-state index contributed by atoms with van der Waals surface area (Å²) in [6.07, 6.45) is 2.66. The number of carbonyl (C=O) groups is 1. The molecule has 0 spiro atoms. The average Bonchev–Trinajstić information content (AvgIpc) is 2.41. The third-order valence-electron chi connectivity index (χ3n) is 3.42. The molecular formula is C13H19ClN4O. The first-order chi connectivity index (χ1) is 9.11. The van der Waals surface area contributed by atoms with Crippen LogP contribution in [-0.4, -0.2) is 67.5 Å². The molecular weight excluding hydrogens is 264 g/mol. The molecule has 2 rings (SSSR count). The number of carbonyl (C=O) groups excluding carboxylic acids is 1. The molecule has 1 aromatic heterocycles. The Hall–Kier alpha value is -1.17. The number of pyridine rings is 1. The Morgan fingerprint density at radius 1 is 1.32 bits per heavy atom. The Labute approximate surface area is 118 Å². The Balaban J connectivity index is 1.95.